The minimum Gasteiger partial charge on any atom is -0.497 e. The van der Waals surface area contributed by atoms with Gasteiger partial charge in [0.25, 0.3) is 10.0 Å². The van der Waals surface area contributed by atoms with E-state index in [4.69, 9.17) is 16.3 Å². The zero-order chi connectivity index (χ0) is 28.7. The van der Waals surface area contributed by atoms with Crippen LogP contribution in [0, 0.1) is 6.92 Å². The van der Waals surface area contributed by atoms with Gasteiger partial charge in [-0.2, -0.15) is 0 Å². The maximum Gasteiger partial charge on any atom is 0.264 e. The molecule has 0 bridgehead atoms. The molecule has 0 saturated heterocycles. The molecule has 1 atom stereocenters. The number of ether oxygens (including phenoxy) is 1. The number of benzene rings is 3. The molecule has 0 aliphatic carbocycles. The number of aryl methyl sites for hydroxylation is 1. The lowest BCUT2D eigenvalue weighted by Crippen LogP contribution is -2.52. The molecule has 0 fully saturated rings. The van der Waals surface area contributed by atoms with Gasteiger partial charge in [0.05, 0.1) is 17.7 Å². The molecule has 0 heterocycles. The van der Waals surface area contributed by atoms with Gasteiger partial charge in [0.1, 0.15) is 18.3 Å². The number of rotatable bonds is 11. The van der Waals surface area contributed by atoms with Crippen LogP contribution in [0.3, 0.4) is 0 Å². The van der Waals surface area contributed by atoms with Crippen LogP contribution in [-0.4, -0.2) is 50.9 Å². The lowest BCUT2D eigenvalue weighted by Gasteiger charge is -2.32. The summed E-state index contributed by atoms with van der Waals surface area (Å²) in [6.07, 6.45) is 0. The standard InChI is InChI=1S/C29H34ClN3O5S/c1-20(2)31-29(35)22(4)32(18-23-9-13-26(38-5)14-10-23)28(34)19-33(25-8-6-7-21(3)17-25)39(36,37)27-15-11-24(30)12-16-27/h6-17,20,22H,18-19H2,1-5H3,(H,31,35)/t22-/m0/s1. The number of carbonyl (C=O) groups excluding carboxylic acids is 2. The molecule has 0 unspecified atom stereocenters. The molecule has 0 aromatic heterocycles. The maximum atomic E-state index is 13.9. The number of halogens is 1. The number of hydrogen-bond acceptors (Lipinski definition) is 5. The third-order valence-corrected chi connectivity index (χ3v) is 8.12. The van der Waals surface area contributed by atoms with Gasteiger partial charge in [0.15, 0.2) is 0 Å². The van der Waals surface area contributed by atoms with Crippen LogP contribution < -0.4 is 14.4 Å². The zero-order valence-corrected chi connectivity index (χ0v) is 24.3. The molecule has 3 aromatic rings. The van der Waals surface area contributed by atoms with E-state index in [1.807, 2.05) is 26.8 Å². The molecule has 3 aromatic carbocycles. The van der Waals surface area contributed by atoms with Crippen molar-refractivity contribution in [3.63, 3.8) is 0 Å². The van der Waals surface area contributed by atoms with E-state index in [0.717, 1.165) is 15.4 Å². The fourth-order valence-electron chi connectivity index (χ4n) is 3.96. The first-order valence-corrected chi connectivity index (χ1v) is 14.3. The number of carbonyl (C=O) groups is 2. The van der Waals surface area contributed by atoms with Gasteiger partial charge in [-0.15, -0.1) is 0 Å². The van der Waals surface area contributed by atoms with Crippen molar-refractivity contribution in [1.82, 2.24) is 10.2 Å². The second kappa shape index (κ2) is 13.0. The van der Waals surface area contributed by atoms with Gasteiger partial charge in [0.2, 0.25) is 11.8 Å². The highest BCUT2D eigenvalue weighted by Crippen LogP contribution is 2.26. The van der Waals surface area contributed by atoms with E-state index in [1.54, 1.807) is 56.5 Å². The number of anilines is 1. The van der Waals surface area contributed by atoms with Crippen LogP contribution in [0.5, 0.6) is 5.75 Å². The normalized spacial score (nSPS) is 12.1. The zero-order valence-electron chi connectivity index (χ0n) is 22.7. The number of hydrogen-bond donors (Lipinski definition) is 1. The van der Waals surface area contributed by atoms with Gasteiger partial charge in [-0.05, 0) is 87.4 Å². The monoisotopic (exact) mass is 571 g/mol. The molecule has 0 aliphatic heterocycles. The van der Waals surface area contributed by atoms with Crippen molar-refractivity contribution in [2.75, 3.05) is 18.0 Å². The minimum atomic E-state index is -4.15. The maximum absolute atomic E-state index is 13.9. The van der Waals surface area contributed by atoms with Crippen molar-refractivity contribution >= 4 is 39.1 Å². The third-order valence-electron chi connectivity index (χ3n) is 6.08. The Morgan fingerprint density at radius 2 is 1.62 bits per heavy atom. The highest BCUT2D eigenvalue weighted by molar-refractivity contribution is 7.92. The van der Waals surface area contributed by atoms with Crippen molar-refractivity contribution in [3.05, 3.63) is 88.9 Å². The summed E-state index contributed by atoms with van der Waals surface area (Å²) < 4.78 is 33.9. The summed E-state index contributed by atoms with van der Waals surface area (Å²) in [4.78, 5) is 28.3. The number of methoxy groups -OCH3 is 1. The topological polar surface area (TPSA) is 96.0 Å². The molecule has 1 N–H and O–H groups in total. The first-order chi connectivity index (χ1) is 18.4. The number of sulfonamides is 1. The SMILES string of the molecule is COc1ccc(CN(C(=O)CN(c2cccc(C)c2)S(=O)(=O)c2ccc(Cl)cc2)[C@@H](C)C(=O)NC(C)C)cc1. The average Bonchev–Trinajstić information content (AvgIpc) is 2.90. The Kier molecular flexibility index (Phi) is 9.99. The Labute approximate surface area is 235 Å². The molecule has 208 valence electrons. The van der Waals surface area contributed by atoms with E-state index in [-0.39, 0.29) is 23.4 Å². The van der Waals surface area contributed by atoms with Crippen LogP contribution >= 0.6 is 11.6 Å². The van der Waals surface area contributed by atoms with E-state index in [9.17, 15) is 18.0 Å². The Balaban J connectivity index is 2.02. The van der Waals surface area contributed by atoms with Gasteiger partial charge in [-0.1, -0.05) is 35.9 Å². The molecule has 0 aliphatic rings. The quantitative estimate of drug-likeness (QED) is 0.357. The molecule has 0 saturated carbocycles. The molecular formula is C29H34ClN3O5S. The van der Waals surface area contributed by atoms with Crippen molar-refractivity contribution in [2.45, 2.75) is 51.2 Å². The van der Waals surface area contributed by atoms with E-state index in [0.29, 0.717) is 16.5 Å². The van der Waals surface area contributed by atoms with E-state index >= 15 is 0 Å². The van der Waals surface area contributed by atoms with Gasteiger partial charge in [0, 0.05) is 17.6 Å². The molecular weight excluding hydrogens is 538 g/mol. The first kappa shape index (κ1) is 30.0. The van der Waals surface area contributed by atoms with Gasteiger partial charge >= 0.3 is 0 Å². The minimum absolute atomic E-state index is 0.00601. The molecule has 0 spiro atoms. The van der Waals surface area contributed by atoms with Gasteiger partial charge < -0.3 is 15.0 Å². The van der Waals surface area contributed by atoms with E-state index in [1.165, 1.54) is 29.2 Å². The predicted molar refractivity (Wildman–Crippen MR) is 153 cm³/mol. The van der Waals surface area contributed by atoms with Crippen LogP contribution in [0.1, 0.15) is 31.9 Å². The Morgan fingerprint density at radius 1 is 0.974 bits per heavy atom. The Bertz CT molecular complexity index is 1390. The van der Waals surface area contributed by atoms with Gasteiger partial charge in [-0.3, -0.25) is 13.9 Å². The Morgan fingerprint density at radius 3 is 2.18 bits per heavy atom. The van der Waals surface area contributed by atoms with E-state index in [2.05, 4.69) is 5.32 Å². The van der Waals surface area contributed by atoms with Crippen LogP contribution in [0.4, 0.5) is 5.69 Å². The summed E-state index contributed by atoms with van der Waals surface area (Å²) in [5, 5.41) is 3.23. The lowest BCUT2D eigenvalue weighted by molar-refractivity contribution is -0.139. The van der Waals surface area contributed by atoms with E-state index < -0.39 is 28.5 Å². The summed E-state index contributed by atoms with van der Waals surface area (Å²) in [6, 6.07) is 18.8. The highest BCUT2D eigenvalue weighted by Gasteiger charge is 2.32. The third kappa shape index (κ3) is 7.74. The Hall–Kier alpha value is -3.56. The van der Waals surface area contributed by atoms with Crippen LogP contribution in [0.2, 0.25) is 5.02 Å². The molecule has 3 rings (SSSR count). The summed E-state index contributed by atoms with van der Waals surface area (Å²) in [5.41, 5.74) is 1.93. The predicted octanol–water partition coefficient (Wildman–Crippen LogP) is 4.79. The summed E-state index contributed by atoms with van der Waals surface area (Å²) >= 11 is 5.99. The van der Waals surface area contributed by atoms with Crippen LogP contribution in [0.25, 0.3) is 0 Å². The number of amides is 2. The molecule has 2 amide bonds. The van der Waals surface area contributed by atoms with Crippen molar-refractivity contribution in [1.29, 1.82) is 0 Å². The second-order valence-electron chi connectivity index (χ2n) is 9.51. The van der Waals surface area contributed by atoms with Gasteiger partial charge in [-0.25, -0.2) is 8.42 Å². The molecule has 39 heavy (non-hydrogen) atoms. The summed E-state index contributed by atoms with van der Waals surface area (Å²) in [6.45, 7) is 6.72. The largest absolute Gasteiger partial charge is 0.497 e. The lowest BCUT2D eigenvalue weighted by atomic mass is 10.1. The van der Waals surface area contributed by atoms with Crippen molar-refractivity contribution < 1.29 is 22.7 Å². The second-order valence-corrected chi connectivity index (χ2v) is 11.8. The van der Waals surface area contributed by atoms with Crippen molar-refractivity contribution in [2.24, 2.45) is 0 Å². The molecule has 8 nitrogen and oxygen atoms in total. The smallest absolute Gasteiger partial charge is 0.264 e. The highest BCUT2D eigenvalue weighted by atomic mass is 35.5. The first-order valence-electron chi connectivity index (χ1n) is 12.5. The fraction of sp³-hybridized carbons (Fsp3) is 0.310. The number of nitrogens with one attached hydrogen (secondary N) is 1. The van der Waals surface area contributed by atoms with Crippen LogP contribution in [0.15, 0.2) is 77.7 Å². The summed E-state index contributed by atoms with van der Waals surface area (Å²) in [7, 11) is -2.59. The average molecular weight is 572 g/mol. The van der Waals surface area contributed by atoms with Crippen molar-refractivity contribution in [3.8, 4) is 5.75 Å². The molecule has 10 heteroatoms. The fourth-order valence-corrected chi connectivity index (χ4v) is 5.49. The summed E-state index contributed by atoms with van der Waals surface area (Å²) in [5.74, 6) is -0.215. The number of nitrogens with zero attached hydrogens (tertiary/aromatic N) is 2. The molecule has 0 radical (unpaired) electrons. The van der Waals surface area contributed by atoms with Crippen LogP contribution in [-0.2, 0) is 26.2 Å².